The molecule has 0 atom stereocenters. The van der Waals surface area contributed by atoms with Gasteiger partial charge in [-0.3, -0.25) is 0 Å². The van der Waals surface area contributed by atoms with Crippen LogP contribution in [0.5, 0.6) is 0 Å². The number of hydrogen-bond donors (Lipinski definition) is 0. The Hall–Kier alpha value is -1.70. The first-order valence-electron chi connectivity index (χ1n) is 11.2. The highest BCUT2D eigenvalue weighted by molar-refractivity contribution is 5.32. The average Bonchev–Trinajstić information content (AvgIpc) is 2.71. The van der Waals surface area contributed by atoms with Crippen molar-refractivity contribution < 1.29 is 8.78 Å². The molecule has 0 heterocycles. The van der Waals surface area contributed by atoms with Gasteiger partial charge < -0.3 is 0 Å². The Morgan fingerprint density at radius 3 is 2.21 bits per heavy atom. The molecule has 2 heteroatoms. The van der Waals surface area contributed by atoms with Crippen molar-refractivity contribution >= 4 is 0 Å². The minimum Gasteiger partial charge on any atom is -0.207 e. The van der Waals surface area contributed by atoms with Gasteiger partial charge in [-0.25, -0.2) is 8.78 Å². The van der Waals surface area contributed by atoms with E-state index in [0.717, 1.165) is 17.0 Å². The summed E-state index contributed by atoms with van der Waals surface area (Å²) in [5.74, 6) is 1.00. The quantitative estimate of drug-likeness (QED) is 0.382. The Morgan fingerprint density at radius 1 is 0.821 bits per heavy atom. The van der Waals surface area contributed by atoms with Crippen LogP contribution in [0.1, 0.15) is 93.7 Å². The lowest BCUT2D eigenvalue weighted by atomic mass is 9.77. The molecule has 0 unspecified atom stereocenters. The summed E-state index contributed by atoms with van der Waals surface area (Å²) in [5, 5.41) is 0. The third-order valence-corrected chi connectivity index (χ3v) is 6.42. The van der Waals surface area contributed by atoms with Crippen LogP contribution in [0, 0.1) is 17.6 Å². The highest BCUT2D eigenvalue weighted by Crippen LogP contribution is 2.38. The largest absolute Gasteiger partial charge is 0.207 e. The molecule has 1 aliphatic rings. The van der Waals surface area contributed by atoms with Crippen molar-refractivity contribution in [1.82, 2.24) is 0 Å². The minimum absolute atomic E-state index is 0.125. The zero-order chi connectivity index (χ0) is 19.8. The van der Waals surface area contributed by atoms with Crippen molar-refractivity contribution in [1.29, 1.82) is 0 Å². The van der Waals surface area contributed by atoms with E-state index in [9.17, 15) is 8.78 Å². The molecule has 0 aromatic heterocycles. The molecule has 2 aromatic carbocycles. The average molecular weight is 385 g/mol. The Balaban J connectivity index is 1.48. The fourth-order valence-electron chi connectivity index (χ4n) is 4.60. The maximum Gasteiger partial charge on any atom is 0.127 e. The van der Waals surface area contributed by atoms with E-state index in [1.165, 1.54) is 76.3 Å². The summed E-state index contributed by atoms with van der Waals surface area (Å²) in [7, 11) is 0. The highest BCUT2D eigenvalue weighted by Gasteiger charge is 2.22. The van der Waals surface area contributed by atoms with Crippen LogP contribution in [0.4, 0.5) is 8.78 Å². The lowest BCUT2D eigenvalue weighted by Crippen LogP contribution is -2.13. The van der Waals surface area contributed by atoms with Crippen molar-refractivity contribution in [3.63, 3.8) is 0 Å². The van der Waals surface area contributed by atoms with Crippen molar-refractivity contribution in [2.24, 2.45) is 5.92 Å². The summed E-state index contributed by atoms with van der Waals surface area (Å²) < 4.78 is 27.7. The molecule has 0 bridgehead atoms. The van der Waals surface area contributed by atoms with Gasteiger partial charge in [0, 0.05) is 6.42 Å². The fourth-order valence-corrected chi connectivity index (χ4v) is 4.60. The Labute approximate surface area is 169 Å². The Kier molecular flexibility index (Phi) is 8.06. The van der Waals surface area contributed by atoms with E-state index in [1.807, 2.05) is 6.07 Å². The molecule has 0 radical (unpaired) electrons. The first-order valence-corrected chi connectivity index (χ1v) is 11.2. The first kappa shape index (κ1) is 21.0. The van der Waals surface area contributed by atoms with E-state index in [1.54, 1.807) is 18.2 Å². The summed E-state index contributed by atoms with van der Waals surface area (Å²) in [6.45, 7) is 2.26. The van der Waals surface area contributed by atoms with Crippen molar-refractivity contribution in [3.05, 3.63) is 70.8 Å². The lowest BCUT2D eigenvalue weighted by Gasteiger charge is -2.29. The predicted octanol–water partition coefficient (Wildman–Crippen LogP) is 8.19. The zero-order valence-corrected chi connectivity index (χ0v) is 17.2. The second-order valence-electron chi connectivity index (χ2n) is 8.57. The van der Waals surface area contributed by atoms with Gasteiger partial charge in [-0.1, -0.05) is 69.7 Å². The second-order valence-corrected chi connectivity index (χ2v) is 8.57. The van der Waals surface area contributed by atoms with Crippen LogP contribution in [0.3, 0.4) is 0 Å². The topological polar surface area (TPSA) is 0 Å². The monoisotopic (exact) mass is 384 g/mol. The van der Waals surface area contributed by atoms with Crippen LogP contribution in [0.15, 0.2) is 42.5 Å². The molecule has 0 aliphatic heterocycles. The van der Waals surface area contributed by atoms with Gasteiger partial charge in [-0.05, 0) is 72.4 Å². The molecule has 1 fully saturated rings. The van der Waals surface area contributed by atoms with E-state index < -0.39 is 0 Å². The lowest BCUT2D eigenvalue weighted by molar-refractivity contribution is 0.301. The molecule has 1 aliphatic carbocycles. The maximum atomic E-state index is 14.6. The molecular formula is C26H34F2. The smallest absolute Gasteiger partial charge is 0.127 e. The molecule has 0 spiro atoms. The van der Waals surface area contributed by atoms with Crippen LogP contribution in [0.2, 0.25) is 0 Å². The molecule has 0 nitrogen and oxygen atoms in total. The van der Waals surface area contributed by atoms with E-state index in [4.69, 9.17) is 0 Å². The van der Waals surface area contributed by atoms with Gasteiger partial charge in [0.15, 0.2) is 0 Å². The normalized spacial score (nSPS) is 19.7. The van der Waals surface area contributed by atoms with E-state index >= 15 is 0 Å². The molecule has 0 amide bonds. The summed E-state index contributed by atoms with van der Waals surface area (Å²) in [6, 6.07) is 12.1. The maximum absolute atomic E-state index is 14.6. The van der Waals surface area contributed by atoms with E-state index in [0.29, 0.717) is 17.9 Å². The summed E-state index contributed by atoms with van der Waals surface area (Å²) >= 11 is 0. The number of benzene rings is 2. The second kappa shape index (κ2) is 10.7. The van der Waals surface area contributed by atoms with Crippen LogP contribution in [0.25, 0.3) is 0 Å². The van der Waals surface area contributed by atoms with Gasteiger partial charge in [0.1, 0.15) is 11.6 Å². The molecule has 1 saturated carbocycles. The van der Waals surface area contributed by atoms with Gasteiger partial charge in [-0.15, -0.1) is 0 Å². The van der Waals surface area contributed by atoms with Crippen molar-refractivity contribution in [2.75, 3.05) is 0 Å². The number of hydrogen-bond acceptors (Lipinski definition) is 0. The van der Waals surface area contributed by atoms with Crippen LogP contribution in [-0.2, 0) is 6.42 Å². The number of rotatable bonds is 9. The number of unbranched alkanes of at least 4 members (excludes halogenated alkanes) is 4. The van der Waals surface area contributed by atoms with Gasteiger partial charge in [0.05, 0.1) is 0 Å². The molecule has 152 valence electrons. The third kappa shape index (κ3) is 6.15. The van der Waals surface area contributed by atoms with Gasteiger partial charge >= 0.3 is 0 Å². The molecular weight excluding hydrogens is 350 g/mol. The van der Waals surface area contributed by atoms with Crippen molar-refractivity contribution in [2.45, 2.75) is 83.5 Å². The summed E-state index contributed by atoms with van der Waals surface area (Å²) in [5.41, 5.74) is 2.78. The van der Waals surface area contributed by atoms with Crippen LogP contribution >= 0.6 is 0 Å². The summed E-state index contributed by atoms with van der Waals surface area (Å²) in [6.07, 6.45) is 13.7. The van der Waals surface area contributed by atoms with Crippen LogP contribution in [-0.4, -0.2) is 0 Å². The number of halogens is 2. The van der Waals surface area contributed by atoms with E-state index in [-0.39, 0.29) is 11.6 Å². The fraction of sp³-hybridized carbons (Fsp3) is 0.538. The third-order valence-electron chi connectivity index (χ3n) is 6.42. The summed E-state index contributed by atoms with van der Waals surface area (Å²) in [4.78, 5) is 0. The SMILES string of the molecule is CCCCCCCC1CCC(c2ccc(Cc3ccc(F)cc3)c(F)c2)CC1. The first-order chi connectivity index (χ1) is 13.7. The van der Waals surface area contributed by atoms with Crippen LogP contribution < -0.4 is 0 Å². The molecule has 3 rings (SSSR count). The Morgan fingerprint density at radius 2 is 1.54 bits per heavy atom. The van der Waals surface area contributed by atoms with Gasteiger partial charge in [0.2, 0.25) is 0 Å². The molecule has 0 saturated heterocycles. The molecule has 2 aromatic rings. The predicted molar refractivity (Wildman–Crippen MR) is 114 cm³/mol. The zero-order valence-electron chi connectivity index (χ0n) is 17.2. The van der Waals surface area contributed by atoms with Crippen molar-refractivity contribution in [3.8, 4) is 0 Å². The van der Waals surface area contributed by atoms with Gasteiger partial charge in [-0.2, -0.15) is 0 Å². The minimum atomic E-state index is -0.254. The molecule has 0 N–H and O–H groups in total. The molecule has 28 heavy (non-hydrogen) atoms. The Bertz CT molecular complexity index is 712. The van der Waals surface area contributed by atoms with E-state index in [2.05, 4.69) is 13.0 Å². The standard InChI is InChI=1S/C26H34F2/c1-2-3-4-5-6-7-20-8-12-22(13-9-20)23-14-15-24(26(28)19-23)18-21-10-16-25(27)17-11-21/h10-11,14-17,19-20,22H,2-9,12-13,18H2,1H3. The van der Waals surface area contributed by atoms with Gasteiger partial charge in [0.25, 0.3) is 0 Å². The highest BCUT2D eigenvalue weighted by atomic mass is 19.1.